The highest BCUT2D eigenvalue weighted by atomic mass is 35.5. The van der Waals surface area contributed by atoms with Crippen molar-refractivity contribution in [2.45, 2.75) is 24.9 Å². The summed E-state index contributed by atoms with van der Waals surface area (Å²) < 4.78 is 0. The van der Waals surface area contributed by atoms with E-state index < -0.39 is 5.60 Å². The van der Waals surface area contributed by atoms with Crippen LogP contribution in [0.25, 0.3) is 0 Å². The van der Waals surface area contributed by atoms with Crippen LogP contribution in [0.4, 0.5) is 0 Å². The topological polar surface area (TPSA) is 37.3 Å². The Bertz CT molecular complexity index is 401. The maximum absolute atomic E-state index is 12.3. The highest BCUT2D eigenvalue weighted by molar-refractivity contribution is 6.21. The first kappa shape index (κ1) is 11.5. The maximum Gasteiger partial charge on any atom is 0.173 e. The van der Waals surface area contributed by atoms with Crippen LogP contribution in [0.2, 0.25) is 0 Å². The lowest BCUT2D eigenvalue weighted by molar-refractivity contribution is -0.155. The summed E-state index contributed by atoms with van der Waals surface area (Å²) in [7, 11) is 0. The molecule has 0 heterocycles. The number of carbonyl (C=O) groups excluding carboxylic acids is 1. The number of carbonyl (C=O) groups is 1. The van der Waals surface area contributed by atoms with E-state index in [-0.39, 0.29) is 29.4 Å². The summed E-state index contributed by atoms with van der Waals surface area (Å²) in [6.07, 6.45) is 11.7. The number of allylic oxidation sites excluding steroid dienone is 3. The van der Waals surface area contributed by atoms with Crippen LogP contribution in [0.1, 0.15) is 19.3 Å². The van der Waals surface area contributed by atoms with E-state index in [1.54, 1.807) is 0 Å². The second-order valence-electron chi connectivity index (χ2n) is 5.46. The van der Waals surface area contributed by atoms with Crippen molar-refractivity contribution in [3.05, 3.63) is 24.3 Å². The predicted molar refractivity (Wildman–Crippen MR) is 66.8 cm³/mol. The molecule has 0 aromatic rings. The van der Waals surface area contributed by atoms with E-state index in [4.69, 9.17) is 11.6 Å². The molecular weight excluding hydrogens is 236 g/mol. The number of fused-ring (bicyclic) bond motifs is 1. The van der Waals surface area contributed by atoms with Crippen LogP contribution in [-0.4, -0.2) is 22.4 Å². The molecule has 4 rings (SSSR count). The molecule has 1 fully saturated rings. The van der Waals surface area contributed by atoms with Crippen molar-refractivity contribution in [2.75, 3.05) is 5.88 Å². The number of hydrogen-bond acceptors (Lipinski definition) is 2. The third-order valence-corrected chi connectivity index (χ3v) is 5.05. The van der Waals surface area contributed by atoms with E-state index in [9.17, 15) is 9.90 Å². The van der Waals surface area contributed by atoms with Gasteiger partial charge < -0.3 is 5.11 Å². The van der Waals surface area contributed by atoms with Gasteiger partial charge in [-0.1, -0.05) is 24.3 Å². The first-order valence-electron chi connectivity index (χ1n) is 6.36. The van der Waals surface area contributed by atoms with Gasteiger partial charge >= 0.3 is 0 Å². The van der Waals surface area contributed by atoms with Crippen molar-refractivity contribution < 1.29 is 9.90 Å². The van der Waals surface area contributed by atoms with Crippen molar-refractivity contribution >= 4 is 17.4 Å². The molecule has 0 radical (unpaired) electrons. The van der Waals surface area contributed by atoms with Gasteiger partial charge in [-0.05, 0) is 31.1 Å². The minimum Gasteiger partial charge on any atom is -0.380 e. The highest BCUT2D eigenvalue weighted by Gasteiger charge is 2.58. The van der Waals surface area contributed by atoms with Gasteiger partial charge in [0.05, 0.1) is 5.88 Å². The molecule has 1 N–H and O–H groups in total. The smallest absolute Gasteiger partial charge is 0.173 e. The van der Waals surface area contributed by atoms with Crippen LogP contribution < -0.4 is 0 Å². The largest absolute Gasteiger partial charge is 0.380 e. The van der Waals surface area contributed by atoms with E-state index in [1.165, 1.54) is 0 Å². The van der Waals surface area contributed by atoms with Crippen LogP contribution >= 0.6 is 11.6 Å². The van der Waals surface area contributed by atoms with Gasteiger partial charge in [0.15, 0.2) is 5.78 Å². The van der Waals surface area contributed by atoms with Crippen molar-refractivity contribution in [1.29, 1.82) is 0 Å². The Morgan fingerprint density at radius 3 is 3.00 bits per heavy atom. The van der Waals surface area contributed by atoms with Crippen LogP contribution in [0.3, 0.4) is 0 Å². The molecular formula is C14H17ClO2. The SMILES string of the molecule is O=C1[C@H]2C=C[C@H]([C@@H]3CCCC=C[C@@H]32)[C@@]1(O)CCl. The Morgan fingerprint density at radius 1 is 1.41 bits per heavy atom. The number of rotatable bonds is 1. The summed E-state index contributed by atoms with van der Waals surface area (Å²) in [5.74, 6) is 0.347. The number of hydrogen-bond donors (Lipinski definition) is 1. The molecule has 2 bridgehead atoms. The Labute approximate surface area is 106 Å². The Kier molecular flexibility index (Phi) is 2.68. The van der Waals surface area contributed by atoms with E-state index >= 15 is 0 Å². The fourth-order valence-electron chi connectivity index (χ4n) is 3.76. The van der Waals surface area contributed by atoms with Crippen LogP contribution in [-0.2, 0) is 4.79 Å². The molecule has 4 aliphatic carbocycles. The first-order chi connectivity index (χ1) is 8.18. The molecule has 17 heavy (non-hydrogen) atoms. The molecule has 0 spiro atoms. The molecule has 3 heteroatoms. The van der Waals surface area contributed by atoms with E-state index in [1.807, 2.05) is 12.2 Å². The Morgan fingerprint density at radius 2 is 2.24 bits per heavy atom. The average Bonchev–Trinajstić information content (AvgIpc) is 2.60. The number of halogens is 1. The van der Waals surface area contributed by atoms with Crippen LogP contribution in [0, 0.1) is 23.7 Å². The van der Waals surface area contributed by atoms with Gasteiger partial charge in [-0.15, -0.1) is 11.6 Å². The molecule has 1 saturated carbocycles. The number of alkyl halides is 1. The fraction of sp³-hybridized carbons (Fsp3) is 0.643. The molecule has 4 aliphatic rings. The summed E-state index contributed by atoms with van der Waals surface area (Å²) in [6, 6.07) is 0. The summed E-state index contributed by atoms with van der Waals surface area (Å²) in [4.78, 5) is 12.3. The van der Waals surface area contributed by atoms with Crippen molar-refractivity contribution in [2.24, 2.45) is 23.7 Å². The minimum atomic E-state index is -1.32. The Balaban J connectivity index is 2.04. The van der Waals surface area contributed by atoms with Crippen molar-refractivity contribution in [3.63, 3.8) is 0 Å². The standard InChI is InChI=1S/C14H17ClO2/c15-8-14(17)12-7-6-11(13(14)16)9-4-2-1-3-5-10(9)12/h2,4,6-7,9-12,17H,1,3,5,8H2/t9-,10+,11-,12+,14-/m0/s1. The maximum atomic E-state index is 12.3. The summed E-state index contributed by atoms with van der Waals surface area (Å²) in [6.45, 7) is 0. The minimum absolute atomic E-state index is 0.0181. The highest BCUT2D eigenvalue weighted by Crippen LogP contribution is 2.51. The third-order valence-electron chi connectivity index (χ3n) is 4.65. The fourth-order valence-corrected chi connectivity index (χ4v) is 4.07. The zero-order valence-corrected chi connectivity index (χ0v) is 10.4. The van der Waals surface area contributed by atoms with Gasteiger partial charge in [-0.25, -0.2) is 0 Å². The van der Waals surface area contributed by atoms with E-state index in [2.05, 4.69) is 12.2 Å². The van der Waals surface area contributed by atoms with Crippen LogP contribution in [0.5, 0.6) is 0 Å². The normalized spacial score (nSPS) is 48.0. The number of Topliss-reactive ketones (excluding diaryl/α,β-unsaturated/α-hetero) is 1. The zero-order chi connectivity index (χ0) is 12.0. The van der Waals surface area contributed by atoms with E-state index in [0.29, 0.717) is 5.92 Å². The number of ketones is 1. The third kappa shape index (κ3) is 1.47. The summed E-state index contributed by atoms with van der Waals surface area (Å²) in [5, 5.41) is 10.5. The van der Waals surface area contributed by atoms with Crippen molar-refractivity contribution in [3.8, 4) is 0 Å². The average molecular weight is 253 g/mol. The second-order valence-corrected chi connectivity index (χ2v) is 5.73. The predicted octanol–water partition coefficient (Wildman–Crippen LogP) is 2.31. The van der Waals surface area contributed by atoms with Gasteiger partial charge in [0.25, 0.3) is 0 Å². The molecule has 2 nitrogen and oxygen atoms in total. The van der Waals surface area contributed by atoms with Gasteiger partial charge in [0.2, 0.25) is 0 Å². The monoisotopic (exact) mass is 252 g/mol. The van der Waals surface area contributed by atoms with Crippen LogP contribution in [0.15, 0.2) is 24.3 Å². The molecule has 5 atom stereocenters. The molecule has 0 amide bonds. The van der Waals surface area contributed by atoms with Gasteiger partial charge in [0.1, 0.15) is 5.60 Å². The molecule has 0 saturated heterocycles. The van der Waals surface area contributed by atoms with Crippen molar-refractivity contribution in [1.82, 2.24) is 0 Å². The van der Waals surface area contributed by atoms with E-state index in [0.717, 1.165) is 19.3 Å². The zero-order valence-electron chi connectivity index (χ0n) is 9.68. The van der Waals surface area contributed by atoms with Gasteiger partial charge in [-0.3, -0.25) is 4.79 Å². The lowest BCUT2D eigenvalue weighted by atomic mass is 9.55. The Hall–Kier alpha value is -0.600. The number of aliphatic hydroxyl groups is 1. The summed E-state index contributed by atoms with van der Waals surface area (Å²) in [5.41, 5.74) is -1.32. The van der Waals surface area contributed by atoms with Gasteiger partial charge in [0, 0.05) is 11.8 Å². The molecule has 0 aliphatic heterocycles. The van der Waals surface area contributed by atoms with Gasteiger partial charge in [-0.2, -0.15) is 0 Å². The quantitative estimate of drug-likeness (QED) is 0.574. The molecule has 92 valence electrons. The lowest BCUT2D eigenvalue weighted by Crippen LogP contribution is -2.61. The second kappa shape index (κ2) is 3.96. The molecule has 0 unspecified atom stereocenters. The lowest BCUT2D eigenvalue weighted by Gasteiger charge is -2.50. The summed E-state index contributed by atoms with van der Waals surface area (Å²) >= 11 is 5.86. The first-order valence-corrected chi connectivity index (χ1v) is 6.89. The molecule has 0 aromatic heterocycles. The molecule has 0 aromatic carbocycles.